The average molecular weight is 491 g/mol. The molecule has 36 heavy (non-hydrogen) atoms. The number of amides is 2. The molecule has 2 heterocycles. The molecule has 0 fully saturated rings. The fourth-order valence-corrected chi connectivity index (χ4v) is 3.84. The largest absolute Gasteiger partial charge is 0.485 e. The average Bonchev–Trinajstić information content (AvgIpc) is 3.36. The first-order chi connectivity index (χ1) is 17.4. The van der Waals surface area contributed by atoms with Gasteiger partial charge in [0, 0.05) is 12.1 Å². The maximum Gasteiger partial charge on any atom is 0.287 e. The Morgan fingerprint density at radius 2 is 1.92 bits per heavy atom. The molecule has 1 aromatic heterocycles. The first-order valence-corrected chi connectivity index (χ1v) is 12.0. The molecule has 0 unspecified atom stereocenters. The molecule has 0 atom stereocenters. The number of benzene rings is 2. The summed E-state index contributed by atoms with van der Waals surface area (Å²) in [7, 11) is 0. The van der Waals surface area contributed by atoms with Gasteiger partial charge in [-0.25, -0.2) is 0 Å². The summed E-state index contributed by atoms with van der Waals surface area (Å²) >= 11 is 0. The second kappa shape index (κ2) is 11.1. The van der Waals surface area contributed by atoms with E-state index < -0.39 is 0 Å². The molecule has 0 saturated heterocycles. The van der Waals surface area contributed by atoms with Crippen LogP contribution in [0, 0.1) is 5.92 Å². The third kappa shape index (κ3) is 5.76. The number of aryl methyl sites for hydroxylation is 1. The lowest BCUT2D eigenvalue weighted by molar-refractivity contribution is -0.121. The Kier molecular flexibility index (Phi) is 7.73. The second-order valence-electron chi connectivity index (χ2n) is 8.99. The van der Waals surface area contributed by atoms with Crippen LogP contribution in [0.4, 0.5) is 5.69 Å². The zero-order valence-electron chi connectivity index (χ0n) is 20.7. The van der Waals surface area contributed by atoms with Crippen LogP contribution in [0.5, 0.6) is 11.5 Å². The Labute approximate surface area is 210 Å². The lowest BCUT2D eigenvalue weighted by Gasteiger charge is -2.29. The van der Waals surface area contributed by atoms with E-state index in [0.29, 0.717) is 41.0 Å². The summed E-state index contributed by atoms with van der Waals surface area (Å²) in [5.41, 5.74) is 1.89. The molecule has 1 N–H and O–H groups in total. The van der Waals surface area contributed by atoms with Crippen molar-refractivity contribution in [2.45, 2.75) is 33.7 Å². The molecular weight excluding hydrogens is 460 g/mol. The van der Waals surface area contributed by atoms with Crippen LogP contribution in [0.1, 0.15) is 53.0 Å². The molecule has 0 bridgehead atoms. The van der Waals surface area contributed by atoms with Crippen molar-refractivity contribution >= 4 is 23.3 Å². The maximum absolute atomic E-state index is 12.9. The number of ether oxygens (including phenoxy) is 2. The Morgan fingerprint density at radius 3 is 2.69 bits per heavy atom. The molecule has 8 heteroatoms. The number of nitrogens with one attached hydrogen (secondary N) is 1. The minimum Gasteiger partial charge on any atom is -0.485 e. The summed E-state index contributed by atoms with van der Waals surface area (Å²) in [6, 6.07) is 15.8. The van der Waals surface area contributed by atoms with E-state index >= 15 is 0 Å². The summed E-state index contributed by atoms with van der Waals surface area (Å²) in [6.45, 7) is 6.42. The number of ketones is 1. The highest BCUT2D eigenvalue weighted by atomic mass is 16.5. The van der Waals surface area contributed by atoms with Gasteiger partial charge in [-0.1, -0.05) is 39.0 Å². The Hall–Kier alpha value is -4.07. The van der Waals surface area contributed by atoms with Crippen LogP contribution >= 0.6 is 0 Å². The summed E-state index contributed by atoms with van der Waals surface area (Å²) in [6.07, 6.45) is 0.797. The molecule has 0 spiro atoms. The van der Waals surface area contributed by atoms with Gasteiger partial charge < -0.3 is 19.2 Å². The van der Waals surface area contributed by atoms with Crippen LogP contribution in [-0.2, 0) is 17.8 Å². The third-order valence-electron chi connectivity index (χ3n) is 5.81. The first kappa shape index (κ1) is 25.0. The minimum atomic E-state index is -0.304. The van der Waals surface area contributed by atoms with Gasteiger partial charge in [0.25, 0.3) is 11.8 Å². The van der Waals surface area contributed by atoms with Crippen LogP contribution in [-0.4, -0.2) is 37.4 Å². The molecule has 0 saturated carbocycles. The van der Waals surface area contributed by atoms with Gasteiger partial charge in [0.15, 0.2) is 24.8 Å². The van der Waals surface area contributed by atoms with Gasteiger partial charge in [0.05, 0.1) is 12.2 Å². The fourth-order valence-electron chi connectivity index (χ4n) is 3.84. The maximum atomic E-state index is 12.9. The van der Waals surface area contributed by atoms with E-state index in [1.807, 2.05) is 45.0 Å². The van der Waals surface area contributed by atoms with Crippen LogP contribution < -0.4 is 19.7 Å². The molecule has 1 aliphatic rings. The summed E-state index contributed by atoms with van der Waals surface area (Å²) in [5, 5.41) is 2.81. The van der Waals surface area contributed by atoms with E-state index in [0.717, 1.165) is 12.0 Å². The van der Waals surface area contributed by atoms with Gasteiger partial charge in [-0.3, -0.25) is 19.3 Å². The highest BCUT2D eigenvalue weighted by Gasteiger charge is 2.28. The van der Waals surface area contributed by atoms with Crippen molar-refractivity contribution in [3.05, 3.63) is 77.2 Å². The number of rotatable bonds is 10. The highest BCUT2D eigenvalue weighted by Crippen LogP contribution is 2.34. The van der Waals surface area contributed by atoms with E-state index in [2.05, 4.69) is 5.32 Å². The molecule has 188 valence electrons. The van der Waals surface area contributed by atoms with Crippen molar-refractivity contribution in [3.8, 4) is 11.5 Å². The predicted molar refractivity (Wildman–Crippen MR) is 135 cm³/mol. The minimum absolute atomic E-state index is 0.102. The third-order valence-corrected chi connectivity index (χ3v) is 5.81. The van der Waals surface area contributed by atoms with Crippen molar-refractivity contribution in [2.75, 3.05) is 24.7 Å². The number of carbonyl (C=O) groups is 3. The Balaban J connectivity index is 1.49. The number of hydrogen-bond donors (Lipinski definition) is 1. The lowest BCUT2D eigenvalue weighted by atomic mass is 10.1. The van der Waals surface area contributed by atoms with Crippen molar-refractivity contribution in [2.24, 2.45) is 5.92 Å². The number of Topliss-reactive ketones (excluding diaryl/α,β-unsaturated/α-hetero) is 1. The quantitative estimate of drug-likeness (QED) is 0.423. The lowest BCUT2D eigenvalue weighted by Crippen LogP contribution is -2.38. The van der Waals surface area contributed by atoms with Crippen LogP contribution in [0.15, 0.2) is 59.0 Å². The van der Waals surface area contributed by atoms with Crippen molar-refractivity contribution in [3.63, 3.8) is 0 Å². The van der Waals surface area contributed by atoms with Crippen LogP contribution in [0.25, 0.3) is 0 Å². The van der Waals surface area contributed by atoms with Gasteiger partial charge in [-0.05, 0) is 54.3 Å². The Bertz CT molecular complexity index is 1260. The summed E-state index contributed by atoms with van der Waals surface area (Å²) < 4.78 is 17.0. The first-order valence-electron chi connectivity index (χ1n) is 12.0. The summed E-state index contributed by atoms with van der Waals surface area (Å²) in [5.74, 6) is 1.31. The molecule has 0 radical (unpaired) electrons. The van der Waals surface area contributed by atoms with Crippen molar-refractivity contribution in [1.29, 1.82) is 0 Å². The monoisotopic (exact) mass is 490 g/mol. The topological polar surface area (TPSA) is 98.1 Å². The van der Waals surface area contributed by atoms with E-state index in [-0.39, 0.29) is 43.1 Å². The zero-order valence-corrected chi connectivity index (χ0v) is 20.7. The number of para-hydroxylation sites is 1. The fraction of sp³-hybridized carbons (Fsp3) is 0.321. The number of fused-ring (bicyclic) bond motifs is 1. The van der Waals surface area contributed by atoms with Crippen LogP contribution in [0.3, 0.4) is 0 Å². The molecule has 0 aliphatic carbocycles. The van der Waals surface area contributed by atoms with E-state index in [4.69, 9.17) is 13.9 Å². The Morgan fingerprint density at radius 1 is 1.11 bits per heavy atom. The molecule has 1 aliphatic heterocycles. The molecular formula is C28H30N2O6. The van der Waals surface area contributed by atoms with Gasteiger partial charge in [-0.15, -0.1) is 0 Å². The van der Waals surface area contributed by atoms with E-state index in [1.54, 1.807) is 30.3 Å². The predicted octanol–water partition coefficient (Wildman–Crippen LogP) is 4.42. The normalized spacial score (nSPS) is 12.8. The van der Waals surface area contributed by atoms with Gasteiger partial charge in [0.1, 0.15) is 17.3 Å². The highest BCUT2D eigenvalue weighted by molar-refractivity contribution is 6.02. The number of carbonyl (C=O) groups excluding carboxylic acids is 3. The molecule has 3 aromatic rings. The van der Waals surface area contributed by atoms with E-state index in [1.165, 1.54) is 4.90 Å². The van der Waals surface area contributed by atoms with Crippen molar-refractivity contribution in [1.82, 2.24) is 5.32 Å². The van der Waals surface area contributed by atoms with Crippen LogP contribution in [0.2, 0.25) is 0 Å². The molecule has 2 aromatic carbocycles. The summed E-state index contributed by atoms with van der Waals surface area (Å²) in [4.78, 5) is 39.4. The number of furan rings is 1. The molecule has 2 amide bonds. The van der Waals surface area contributed by atoms with Gasteiger partial charge >= 0.3 is 0 Å². The zero-order chi connectivity index (χ0) is 25.7. The second-order valence-corrected chi connectivity index (χ2v) is 8.99. The molecule has 8 nitrogen and oxygen atoms in total. The SMILES string of the molecule is CCc1ccccc1OCC(=O)c1ccc2c(c1)N(Cc1ccc(C(=O)NCC(C)C)o1)C(=O)CO2. The number of hydrogen-bond acceptors (Lipinski definition) is 6. The van der Waals surface area contributed by atoms with E-state index in [9.17, 15) is 14.4 Å². The van der Waals surface area contributed by atoms with Gasteiger partial charge in [0.2, 0.25) is 0 Å². The standard InChI is InChI=1S/C28H30N2O6/c1-4-19-7-5-6-8-24(19)34-16-23(31)20-9-11-25-22(13-20)30(27(32)17-35-25)15-21-10-12-26(36-21)28(33)29-14-18(2)3/h5-13,18H,4,14-17H2,1-3H3,(H,29,33). The molecule has 4 rings (SSSR count). The smallest absolute Gasteiger partial charge is 0.287 e. The number of nitrogens with zero attached hydrogens (tertiary/aromatic N) is 1. The van der Waals surface area contributed by atoms with Crippen molar-refractivity contribution < 1.29 is 28.3 Å². The van der Waals surface area contributed by atoms with Gasteiger partial charge in [-0.2, -0.15) is 0 Å². The number of anilines is 1.